The van der Waals surface area contributed by atoms with Crippen LogP contribution in [0, 0.1) is 0 Å². The smallest absolute Gasteiger partial charge is 0.238 e. The van der Waals surface area contributed by atoms with Gasteiger partial charge in [0.05, 0.1) is 18.8 Å². The van der Waals surface area contributed by atoms with E-state index in [0.717, 1.165) is 0 Å². The standard InChI is InChI=1S/C18H21N3O3/c1-19-17(22)12-21(2)13-18(23)20-15-10-6-7-11-16(15)24-14-8-4-3-5-9-14/h3-11H,12-13H2,1-2H3,(H,19,22)(H,20,23). The Morgan fingerprint density at radius 1 is 0.958 bits per heavy atom. The van der Waals surface area contributed by atoms with Crippen LogP contribution in [0.5, 0.6) is 11.5 Å². The predicted octanol–water partition coefficient (Wildman–Crippen LogP) is 2.10. The van der Waals surface area contributed by atoms with Crippen LogP contribution < -0.4 is 15.4 Å². The Morgan fingerprint density at radius 2 is 1.58 bits per heavy atom. The van der Waals surface area contributed by atoms with Gasteiger partial charge in [0.2, 0.25) is 11.8 Å². The van der Waals surface area contributed by atoms with Gasteiger partial charge < -0.3 is 15.4 Å². The van der Waals surface area contributed by atoms with Gasteiger partial charge in [-0.05, 0) is 31.3 Å². The number of carbonyl (C=O) groups excluding carboxylic acids is 2. The summed E-state index contributed by atoms with van der Waals surface area (Å²) in [6.07, 6.45) is 0. The van der Waals surface area contributed by atoms with Gasteiger partial charge in [0.1, 0.15) is 5.75 Å². The monoisotopic (exact) mass is 327 g/mol. The highest BCUT2D eigenvalue weighted by Gasteiger charge is 2.12. The fourth-order valence-electron chi connectivity index (χ4n) is 2.09. The van der Waals surface area contributed by atoms with Gasteiger partial charge in [0.25, 0.3) is 0 Å². The van der Waals surface area contributed by atoms with Gasteiger partial charge >= 0.3 is 0 Å². The van der Waals surface area contributed by atoms with E-state index in [9.17, 15) is 9.59 Å². The molecule has 2 aromatic carbocycles. The molecule has 2 aromatic rings. The number of carbonyl (C=O) groups is 2. The van der Waals surface area contributed by atoms with Crippen LogP contribution in [0.3, 0.4) is 0 Å². The van der Waals surface area contributed by atoms with Crippen molar-refractivity contribution in [2.24, 2.45) is 0 Å². The first-order chi connectivity index (χ1) is 11.6. The maximum absolute atomic E-state index is 12.2. The first-order valence-electron chi connectivity index (χ1n) is 7.59. The Hall–Kier alpha value is -2.86. The summed E-state index contributed by atoms with van der Waals surface area (Å²) in [5.41, 5.74) is 0.583. The lowest BCUT2D eigenvalue weighted by Crippen LogP contribution is -2.37. The topological polar surface area (TPSA) is 70.7 Å². The van der Waals surface area contributed by atoms with Crippen LogP contribution in [0.15, 0.2) is 54.6 Å². The van der Waals surface area contributed by atoms with Crippen LogP contribution >= 0.6 is 0 Å². The summed E-state index contributed by atoms with van der Waals surface area (Å²) in [7, 11) is 3.27. The summed E-state index contributed by atoms with van der Waals surface area (Å²) in [4.78, 5) is 25.1. The maximum atomic E-state index is 12.2. The van der Waals surface area contributed by atoms with Gasteiger partial charge in [0.15, 0.2) is 5.75 Å². The third kappa shape index (κ3) is 5.40. The highest BCUT2D eigenvalue weighted by molar-refractivity contribution is 5.94. The number of rotatable bonds is 7. The van der Waals surface area contributed by atoms with E-state index in [1.54, 1.807) is 31.1 Å². The second kappa shape index (κ2) is 8.69. The SMILES string of the molecule is CNC(=O)CN(C)CC(=O)Nc1ccccc1Oc1ccccc1. The highest BCUT2D eigenvalue weighted by atomic mass is 16.5. The zero-order valence-electron chi connectivity index (χ0n) is 13.8. The molecule has 0 aliphatic heterocycles. The second-order valence-corrected chi connectivity index (χ2v) is 5.30. The molecular weight excluding hydrogens is 306 g/mol. The van der Waals surface area contributed by atoms with Crippen LogP contribution in [0.2, 0.25) is 0 Å². The van der Waals surface area contributed by atoms with Gasteiger partial charge in [-0.15, -0.1) is 0 Å². The van der Waals surface area contributed by atoms with Crippen LogP contribution in [-0.2, 0) is 9.59 Å². The minimum absolute atomic E-state index is 0.104. The summed E-state index contributed by atoms with van der Waals surface area (Å²) in [5.74, 6) is 0.894. The number of nitrogens with one attached hydrogen (secondary N) is 2. The molecule has 6 nitrogen and oxygen atoms in total. The fraction of sp³-hybridized carbons (Fsp3) is 0.222. The Morgan fingerprint density at radius 3 is 2.29 bits per heavy atom. The average molecular weight is 327 g/mol. The number of nitrogens with zero attached hydrogens (tertiary/aromatic N) is 1. The lowest BCUT2D eigenvalue weighted by Gasteiger charge is -2.16. The molecule has 0 atom stereocenters. The van der Waals surface area contributed by atoms with Gasteiger partial charge in [-0.1, -0.05) is 30.3 Å². The molecule has 0 spiro atoms. The Bertz CT molecular complexity index is 689. The zero-order chi connectivity index (χ0) is 17.4. The molecule has 2 amide bonds. The molecule has 2 rings (SSSR count). The third-order valence-corrected chi connectivity index (χ3v) is 3.24. The zero-order valence-corrected chi connectivity index (χ0v) is 13.8. The number of amides is 2. The molecule has 0 bridgehead atoms. The third-order valence-electron chi connectivity index (χ3n) is 3.24. The number of benzene rings is 2. The molecule has 0 aliphatic rings. The van der Waals surface area contributed by atoms with Crippen molar-refractivity contribution in [1.29, 1.82) is 0 Å². The van der Waals surface area contributed by atoms with E-state index in [2.05, 4.69) is 10.6 Å². The predicted molar refractivity (Wildman–Crippen MR) is 93.2 cm³/mol. The molecule has 0 heterocycles. The van der Waals surface area contributed by atoms with Crippen molar-refractivity contribution in [3.05, 3.63) is 54.6 Å². The fourth-order valence-corrected chi connectivity index (χ4v) is 2.09. The lowest BCUT2D eigenvalue weighted by molar-refractivity contribution is -0.122. The highest BCUT2D eigenvalue weighted by Crippen LogP contribution is 2.28. The first-order valence-corrected chi connectivity index (χ1v) is 7.59. The Balaban J connectivity index is 1.99. The lowest BCUT2D eigenvalue weighted by atomic mass is 10.2. The van der Waals surface area contributed by atoms with Crippen molar-refractivity contribution < 1.29 is 14.3 Å². The normalized spacial score (nSPS) is 10.3. The van der Waals surface area contributed by atoms with Gasteiger partial charge in [-0.25, -0.2) is 0 Å². The van der Waals surface area contributed by atoms with Gasteiger partial charge in [-0.3, -0.25) is 14.5 Å². The van der Waals surface area contributed by atoms with E-state index >= 15 is 0 Å². The van der Waals surface area contributed by atoms with E-state index in [1.807, 2.05) is 42.5 Å². The number of hydrogen-bond acceptors (Lipinski definition) is 4. The van der Waals surface area contributed by atoms with Crippen molar-refractivity contribution in [3.8, 4) is 11.5 Å². The molecule has 0 aromatic heterocycles. The first kappa shape index (κ1) is 17.5. The quantitative estimate of drug-likeness (QED) is 0.817. The molecule has 0 radical (unpaired) electrons. The maximum Gasteiger partial charge on any atom is 0.238 e. The molecule has 2 N–H and O–H groups in total. The summed E-state index contributed by atoms with van der Waals surface area (Å²) in [6.45, 7) is 0.263. The van der Waals surface area contributed by atoms with Gasteiger partial charge in [-0.2, -0.15) is 0 Å². The average Bonchev–Trinajstić information content (AvgIpc) is 2.57. The number of ether oxygens (including phenoxy) is 1. The van der Waals surface area contributed by atoms with Crippen molar-refractivity contribution in [1.82, 2.24) is 10.2 Å². The van der Waals surface area contributed by atoms with E-state index in [0.29, 0.717) is 17.2 Å². The van der Waals surface area contributed by atoms with Gasteiger partial charge in [0, 0.05) is 7.05 Å². The summed E-state index contributed by atoms with van der Waals surface area (Å²) in [6, 6.07) is 16.6. The molecule has 6 heteroatoms. The Labute approximate surface area is 141 Å². The number of para-hydroxylation sites is 3. The molecule has 126 valence electrons. The molecule has 0 saturated heterocycles. The minimum atomic E-state index is -0.217. The molecule has 0 aliphatic carbocycles. The summed E-state index contributed by atoms with van der Waals surface area (Å²) in [5, 5.41) is 5.34. The van der Waals surface area contributed by atoms with E-state index in [1.165, 1.54) is 0 Å². The van der Waals surface area contributed by atoms with Crippen molar-refractivity contribution in [2.45, 2.75) is 0 Å². The van der Waals surface area contributed by atoms with E-state index < -0.39 is 0 Å². The van der Waals surface area contributed by atoms with Crippen molar-refractivity contribution in [2.75, 3.05) is 32.5 Å². The van der Waals surface area contributed by atoms with E-state index in [4.69, 9.17) is 4.74 Å². The molecule has 0 fully saturated rings. The van der Waals surface area contributed by atoms with Crippen molar-refractivity contribution >= 4 is 17.5 Å². The van der Waals surface area contributed by atoms with Crippen LogP contribution in [-0.4, -0.2) is 43.9 Å². The number of likely N-dealkylation sites (N-methyl/N-ethyl adjacent to an activating group) is 2. The van der Waals surface area contributed by atoms with E-state index in [-0.39, 0.29) is 24.9 Å². The largest absolute Gasteiger partial charge is 0.455 e. The molecule has 0 unspecified atom stereocenters. The van der Waals surface area contributed by atoms with Crippen LogP contribution in [0.25, 0.3) is 0 Å². The second-order valence-electron chi connectivity index (χ2n) is 5.30. The minimum Gasteiger partial charge on any atom is -0.455 e. The Kier molecular flexibility index (Phi) is 6.33. The molecular formula is C18H21N3O3. The van der Waals surface area contributed by atoms with Crippen molar-refractivity contribution in [3.63, 3.8) is 0 Å². The van der Waals surface area contributed by atoms with Crippen LogP contribution in [0.1, 0.15) is 0 Å². The summed E-state index contributed by atoms with van der Waals surface area (Å²) < 4.78 is 5.80. The summed E-state index contributed by atoms with van der Waals surface area (Å²) >= 11 is 0. The number of anilines is 1. The number of hydrogen-bond donors (Lipinski definition) is 2. The van der Waals surface area contributed by atoms with Crippen LogP contribution in [0.4, 0.5) is 5.69 Å². The molecule has 0 saturated carbocycles. The molecule has 24 heavy (non-hydrogen) atoms.